The molecule has 0 aliphatic rings. The fraction of sp³-hybridized carbons (Fsp3) is 0.333. The minimum absolute atomic E-state index is 0.0201. The number of hydrogen-bond donors (Lipinski definition) is 2. The molecule has 26 heavy (non-hydrogen) atoms. The number of aromatic carboxylic acids is 1. The summed E-state index contributed by atoms with van der Waals surface area (Å²) in [5.74, 6) is -0.145. The number of nitrogens with one attached hydrogen (secondary N) is 1. The van der Waals surface area contributed by atoms with Crippen molar-refractivity contribution in [1.29, 1.82) is 0 Å². The number of rotatable bonds is 8. The molecule has 2 rings (SSSR count). The van der Waals surface area contributed by atoms with Crippen molar-refractivity contribution in [3.05, 3.63) is 65.2 Å². The molecule has 1 amide bonds. The third-order valence-corrected chi connectivity index (χ3v) is 4.16. The predicted molar refractivity (Wildman–Crippen MR) is 100 cm³/mol. The monoisotopic (exact) mass is 355 g/mol. The van der Waals surface area contributed by atoms with Crippen LogP contribution >= 0.6 is 0 Å². The molecule has 5 nitrogen and oxygen atoms in total. The van der Waals surface area contributed by atoms with Gasteiger partial charge in [-0.2, -0.15) is 0 Å². The molecule has 0 radical (unpaired) electrons. The first kappa shape index (κ1) is 19.5. The summed E-state index contributed by atoms with van der Waals surface area (Å²) < 4.78 is 5.43. The van der Waals surface area contributed by atoms with Crippen molar-refractivity contribution in [2.75, 3.05) is 7.11 Å². The van der Waals surface area contributed by atoms with Crippen molar-refractivity contribution < 1.29 is 19.4 Å². The second-order valence-corrected chi connectivity index (χ2v) is 6.63. The Morgan fingerprint density at radius 2 is 1.73 bits per heavy atom. The number of carboxylic acid groups (broad SMARTS) is 1. The predicted octanol–water partition coefficient (Wildman–Crippen LogP) is 3.84. The van der Waals surface area contributed by atoms with Gasteiger partial charge >= 0.3 is 5.97 Å². The van der Waals surface area contributed by atoms with Crippen molar-refractivity contribution in [3.63, 3.8) is 0 Å². The molecule has 138 valence electrons. The number of carbonyl (C=O) groups is 2. The molecule has 2 aromatic carbocycles. The van der Waals surface area contributed by atoms with Gasteiger partial charge in [-0.15, -0.1) is 0 Å². The lowest BCUT2D eigenvalue weighted by atomic mass is 9.95. The van der Waals surface area contributed by atoms with Crippen molar-refractivity contribution in [1.82, 2.24) is 5.32 Å². The summed E-state index contributed by atoms with van der Waals surface area (Å²) >= 11 is 0. The molecule has 0 bridgehead atoms. The van der Waals surface area contributed by atoms with Crippen LogP contribution < -0.4 is 10.1 Å². The summed E-state index contributed by atoms with van der Waals surface area (Å²) in [6, 6.07) is 14.0. The molecule has 0 saturated carbocycles. The van der Waals surface area contributed by atoms with Crippen molar-refractivity contribution in [2.45, 2.75) is 32.7 Å². The molecule has 0 spiro atoms. The van der Waals surface area contributed by atoms with Crippen molar-refractivity contribution in [2.24, 2.45) is 5.92 Å². The first-order valence-electron chi connectivity index (χ1n) is 8.65. The Labute approximate surface area is 154 Å². The molecule has 0 saturated heterocycles. The number of carboxylic acids is 1. The molecule has 5 heteroatoms. The summed E-state index contributed by atoms with van der Waals surface area (Å²) in [7, 11) is 1.61. The normalized spacial score (nSPS) is 11.8. The topological polar surface area (TPSA) is 75.6 Å². The van der Waals surface area contributed by atoms with E-state index in [0.29, 0.717) is 11.5 Å². The quantitative estimate of drug-likeness (QED) is 0.754. The first-order valence-corrected chi connectivity index (χ1v) is 8.65. The van der Waals surface area contributed by atoms with E-state index >= 15 is 0 Å². The van der Waals surface area contributed by atoms with Gasteiger partial charge in [-0.05, 0) is 30.0 Å². The average Bonchev–Trinajstić information content (AvgIpc) is 2.61. The molecule has 1 unspecified atom stereocenters. The van der Waals surface area contributed by atoms with Gasteiger partial charge in [-0.25, -0.2) is 4.79 Å². The Hall–Kier alpha value is -2.82. The Bertz CT molecular complexity index is 770. The zero-order chi connectivity index (χ0) is 19.1. The van der Waals surface area contributed by atoms with Gasteiger partial charge in [0.05, 0.1) is 25.1 Å². The van der Waals surface area contributed by atoms with E-state index in [4.69, 9.17) is 4.74 Å². The van der Waals surface area contributed by atoms with Gasteiger partial charge in [0, 0.05) is 5.56 Å². The maximum atomic E-state index is 12.6. The van der Waals surface area contributed by atoms with Crippen molar-refractivity contribution in [3.8, 4) is 5.75 Å². The van der Waals surface area contributed by atoms with E-state index in [1.54, 1.807) is 25.3 Å². The number of ether oxygens (including phenoxy) is 1. The van der Waals surface area contributed by atoms with Crippen LogP contribution in [0.15, 0.2) is 48.5 Å². The molecule has 0 aliphatic carbocycles. The second-order valence-electron chi connectivity index (χ2n) is 6.63. The van der Waals surface area contributed by atoms with Crippen LogP contribution in [0.5, 0.6) is 5.75 Å². The molecule has 0 heterocycles. The Morgan fingerprint density at radius 3 is 2.38 bits per heavy atom. The second kappa shape index (κ2) is 9.04. The van der Waals surface area contributed by atoms with Crippen LogP contribution in [-0.4, -0.2) is 24.1 Å². The van der Waals surface area contributed by atoms with Gasteiger partial charge in [0.1, 0.15) is 5.75 Å². The summed E-state index contributed by atoms with van der Waals surface area (Å²) in [5.41, 5.74) is 1.57. The third kappa shape index (κ3) is 5.09. The molecule has 0 aromatic heterocycles. The minimum atomic E-state index is -1.03. The first-order chi connectivity index (χ1) is 12.4. The number of amides is 1. The Morgan fingerprint density at radius 1 is 1.08 bits per heavy atom. The van der Waals surface area contributed by atoms with Crippen LogP contribution in [0.1, 0.15) is 47.8 Å². The van der Waals surface area contributed by atoms with Crippen LogP contribution in [0.4, 0.5) is 0 Å². The Balaban J connectivity index is 2.21. The van der Waals surface area contributed by atoms with E-state index in [0.717, 1.165) is 17.7 Å². The summed E-state index contributed by atoms with van der Waals surface area (Å²) in [6.07, 6.45) is 0.777. The SMILES string of the molecule is COc1ccccc1C(CC(C)C)NC(=O)Cc1ccccc1C(=O)O. The van der Waals surface area contributed by atoms with E-state index in [9.17, 15) is 14.7 Å². The molecular formula is C21H25NO4. The lowest BCUT2D eigenvalue weighted by molar-refractivity contribution is -0.121. The van der Waals surface area contributed by atoms with Crippen LogP contribution in [0, 0.1) is 5.92 Å². The van der Waals surface area contributed by atoms with Gasteiger partial charge in [0.25, 0.3) is 0 Å². The van der Waals surface area contributed by atoms with Gasteiger partial charge in [-0.3, -0.25) is 4.79 Å². The molecule has 2 aromatic rings. The highest BCUT2D eigenvalue weighted by Crippen LogP contribution is 2.29. The highest BCUT2D eigenvalue weighted by molar-refractivity contribution is 5.91. The zero-order valence-electron chi connectivity index (χ0n) is 15.4. The molecule has 0 fully saturated rings. The number of carbonyl (C=O) groups excluding carboxylic acids is 1. The number of benzene rings is 2. The largest absolute Gasteiger partial charge is 0.496 e. The van der Waals surface area contributed by atoms with Gasteiger partial charge in [0.15, 0.2) is 0 Å². The maximum Gasteiger partial charge on any atom is 0.335 e. The molecule has 2 N–H and O–H groups in total. The number of hydrogen-bond acceptors (Lipinski definition) is 3. The number of para-hydroxylation sites is 1. The number of methoxy groups -OCH3 is 1. The average molecular weight is 355 g/mol. The smallest absolute Gasteiger partial charge is 0.335 e. The standard InChI is InChI=1S/C21H25NO4/c1-14(2)12-18(17-10-6-7-11-19(17)26-3)22-20(23)13-15-8-4-5-9-16(15)21(24)25/h4-11,14,18H,12-13H2,1-3H3,(H,22,23)(H,24,25). The maximum absolute atomic E-state index is 12.6. The van der Waals surface area contributed by atoms with Crippen molar-refractivity contribution >= 4 is 11.9 Å². The van der Waals surface area contributed by atoms with E-state index in [-0.39, 0.29) is 23.9 Å². The minimum Gasteiger partial charge on any atom is -0.496 e. The van der Waals surface area contributed by atoms with Gasteiger partial charge in [0.2, 0.25) is 5.91 Å². The summed E-state index contributed by atoms with van der Waals surface area (Å²) in [5, 5.41) is 12.3. The van der Waals surface area contributed by atoms with Crippen LogP contribution in [0.2, 0.25) is 0 Å². The lowest BCUT2D eigenvalue weighted by Crippen LogP contribution is -2.31. The zero-order valence-corrected chi connectivity index (χ0v) is 15.4. The molecular weight excluding hydrogens is 330 g/mol. The molecule has 1 atom stereocenters. The van der Waals surface area contributed by atoms with Crippen LogP contribution in [0.3, 0.4) is 0 Å². The van der Waals surface area contributed by atoms with E-state index in [1.165, 1.54) is 6.07 Å². The summed E-state index contributed by atoms with van der Waals surface area (Å²) in [6.45, 7) is 4.18. The molecule has 0 aliphatic heterocycles. The van der Waals surface area contributed by atoms with Crippen LogP contribution in [0.25, 0.3) is 0 Å². The van der Waals surface area contributed by atoms with E-state index in [1.807, 2.05) is 24.3 Å². The van der Waals surface area contributed by atoms with Gasteiger partial charge in [-0.1, -0.05) is 50.2 Å². The van der Waals surface area contributed by atoms with Gasteiger partial charge < -0.3 is 15.2 Å². The Kier molecular flexibility index (Phi) is 6.78. The van der Waals surface area contributed by atoms with E-state index in [2.05, 4.69) is 19.2 Å². The third-order valence-electron chi connectivity index (χ3n) is 4.16. The fourth-order valence-corrected chi connectivity index (χ4v) is 2.99. The highest BCUT2D eigenvalue weighted by atomic mass is 16.5. The highest BCUT2D eigenvalue weighted by Gasteiger charge is 2.21. The summed E-state index contributed by atoms with van der Waals surface area (Å²) in [4.78, 5) is 23.9. The lowest BCUT2D eigenvalue weighted by Gasteiger charge is -2.23. The fourth-order valence-electron chi connectivity index (χ4n) is 2.99. The van der Waals surface area contributed by atoms with E-state index < -0.39 is 5.97 Å². The van der Waals surface area contributed by atoms with Crippen LogP contribution in [-0.2, 0) is 11.2 Å².